The topological polar surface area (TPSA) is 45.2 Å². The monoisotopic (exact) mass is 345 g/mol. The summed E-state index contributed by atoms with van der Waals surface area (Å²) in [5.41, 5.74) is 5.02. The van der Waals surface area contributed by atoms with Crippen LogP contribution in [0.5, 0.6) is 0 Å². The molecule has 1 N–H and O–H groups in total. The molecule has 1 saturated carbocycles. The number of amides is 1. The molecule has 0 spiro atoms. The van der Waals surface area contributed by atoms with Crippen LogP contribution in [0.1, 0.15) is 25.8 Å². The van der Waals surface area contributed by atoms with Crippen molar-refractivity contribution in [3.63, 3.8) is 0 Å². The van der Waals surface area contributed by atoms with Crippen LogP contribution in [-0.4, -0.2) is 10.9 Å². The second-order valence-corrected chi connectivity index (χ2v) is 6.94. The minimum atomic E-state index is -0.117. The van der Waals surface area contributed by atoms with Crippen molar-refractivity contribution in [3.8, 4) is 0 Å². The fourth-order valence-electron chi connectivity index (χ4n) is 3.90. The molecule has 4 nitrogen and oxygen atoms in total. The molecule has 2 atom stereocenters. The van der Waals surface area contributed by atoms with Gasteiger partial charge in [-0.1, -0.05) is 44.7 Å². The van der Waals surface area contributed by atoms with Crippen LogP contribution in [0.4, 0.5) is 17.2 Å². The number of aromatic nitrogens is 1. The smallest absolute Gasteiger partial charge is 0.235 e. The molecule has 1 aliphatic heterocycles. The molecule has 0 radical (unpaired) electrons. The summed E-state index contributed by atoms with van der Waals surface area (Å²) in [6.45, 7) is 8.86. The summed E-state index contributed by atoms with van der Waals surface area (Å²) < 4.78 is 0. The van der Waals surface area contributed by atoms with E-state index in [1.54, 1.807) is 6.20 Å². The van der Waals surface area contributed by atoms with Crippen molar-refractivity contribution in [1.82, 2.24) is 4.98 Å². The molecule has 1 aromatic carbocycles. The molecule has 1 aromatic heterocycles. The van der Waals surface area contributed by atoms with Crippen LogP contribution in [0.25, 0.3) is 0 Å². The van der Waals surface area contributed by atoms with Gasteiger partial charge in [-0.15, -0.1) is 0 Å². The molecule has 2 aliphatic rings. The number of fused-ring (bicyclic) bond motifs is 2. The number of anilines is 3. The summed E-state index contributed by atoms with van der Waals surface area (Å²) >= 11 is 0. The predicted molar refractivity (Wildman–Crippen MR) is 105 cm³/mol. The number of para-hydroxylation sites is 2. The first kappa shape index (κ1) is 16.6. The fourth-order valence-corrected chi connectivity index (χ4v) is 3.90. The van der Waals surface area contributed by atoms with Gasteiger partial charge in [0.2, 0.25) is 5.91 Å². The van der Waals surface area contributed by atoms with Crippen molar-refractivity contribution in [3.05, 3.63) is 72.0 Å². The van der Waals surface area contributed by atoms with E-state index in [1.165, 1.54) is 0 Å². The molecule has 0 unspecified atom stereocenters. The van der Waals surface area contributed by atoms with Gasteiger partial charge in [0.05, 0.1) is 23.8 Å². The summed E-state index contributed by atoms with van der Waals surface area (Å²) in [4.78, 5) is 19.9. The molecule has 0 bridgehead atoms. The largest absolute Gasteiger partial charge is 0.338 e. The maximum Gasteiger partial charge on any atom is 0.235 e. The zero-order valence-corrected chi connectivity index (χ0v) is 15.2. The third-order valence-electron chi connectivity index (χ3n) is 5.38. The lowest BCUT2D eigenvalue weighted by atomic mass is 9.65. The Kier molecular flexibility index (Phi) is 4.11. The van der Waals surface area contributed by atoms with Crippen LogP contribution >= 0.6 is 0 Å². The number of nitrogens with one attached hydrogen (secondary N) is 1. The van der Waals surface area contributed by atoms with E-state index in [1.807, 2.05) is 41.3 Å². The third-order valence-corrected chi connectivity index (χ3v) is 5.38. The molecular weight excluding hydrogens is 322 g/mol. The second-order valence-electron chi connectivity index (χ2n) is 6.94. The minimum absolute atomic E-state index is 0.117. The van der Waals surface area contributed by atoms with Gasteiger partial charge in [-0.25, -0.2) is 4.98 Å². The van der Waals surface area contributed by atoms with E-state index in [4.69, 9.17) is 0 Å². The van der Waals surface area contributed by atoms with Crippen molar-refractivity contribution in [1.29, 1.82) is 0 Å². The highest BCUT2D eigenvalue weighted by molar-refractivity contribution is 6.02. The number of hydrogen-bond acceptors (Lipinski definition) is 3. The van der Waals surface area contributed by atoms with Gasteiger partial charge in [0.25, 0.3) is 0 Å². The van der Waals surface area contributed by atoms with Crippen LogP contribution in [0.2, 0.25) is 0 Å². The molecule has 1 amide bonds. The lowest BCUT2D eigenvalue weighted by Crippen LogP contribution is -2.45. The maximum absolute atomic E-state index is 13.5. The van der Waals surface area contributed by atoms with E-state index in [9.17, 15) is 4.79 Å². The van der Waals surface area contributed by atoms with Gasteiger partial charge in [-0.2, -0.15) is 0 Å². The Balaban J connectivity index is 1.77. The summed E-state index contributed by atoms with van der Waals surface area (Å²) in [6, 6.07) is 11.9. The van der Waals surface area contributed by atoms with Gasteiger partial charge in [0.15, 0.2) is 0 Å². The van der Waals surface area contributed by atoms with Gasteiger partial charge in [-0.05, 0) is 41.7 Å². The molecule has 0 saturated heterocycles. The summed E-state index contributed by atoms with van der Waals surface area (Å²) in [6.07, 6.45) is 4.82. The Labute approximate surface area is 154 Å². The normalized spacial score (nSPS) is 22.8. The molecule has 2 aromatic rings. The van der Waals surface area contributed by atoms with E-state index < -0.39 is 0 Å². The highest BCUT2D eigenvalue weighted by Gasteiger charge is 2.44. The quantitative estimate of drug-likeness (QED) is 0.848. The van der Waals surface area contributed by atoms with Gasteiger partial charge >= 0.3 is 0 Å². The Morgan fingerprint density at radius 2 is 2.15 bits per heavy atom. The van der Waals surface area contributed by atoms with Crippen LogP contribution in [0.15, 0.2) is 66.4 Å². The molecule has 4 heteroatoms. The number of hydrogen-bond donors (Lipinski definition) is 1. The first-order chi connectivity index (χ1) is 12.6. The molecule has 4 rings (SSSR count). The summed E-state index contributed by atoms with van der Waals surface area (Å²) in [7, 11) is 0. The van der Waals surface area contributed by atoms with Crippen LogP contribution in [0, 0.1) is 11.8 Å². The fraction of sp³-hybridized carbons (Fsp3) is 0.273. The van der Waals surface area contributed by atoms with E-state index in [0.29, 0.717) is 6.54 Å². The van der Waals surface area contributed by atoms with E-state index in [2.05, 4.69) is 36.8 Å². The zero-order chi connectivity index (χ0) is 18.3. The summed E-state index contributed by atoms with van der Waals surface area (Å²) in [5.74, 6) is 1.01. The number of allylic oxidation sites excluding steroid dienone is 2. The predicted octanol–water partition coefficient (Wildman–Crippen LogP) is 4.83. The number of nitrogens with zero attached hydrogens (tertiary/aromatic N) is 2. The highest BCUT2D eigenvalue weighted by Crippen LogP contribution is 2.47. The van der Waals surface area contributed by atoms with Crippen molar-refractivity contribution >= 4 is 23.1 Å². The molecule has 1 aliphatic carbocycles. The van der Waals surface area contributed by atoms with Crippen molar-refractivity contribution in [2.45, 2.75) is 26.8 Å². The first-order valence-electron chi connectivity index (χ1n) is 9.12. The lowest BCUT2D eigenvalue weighted by molar-refractivity contribution is -0.123. The van der Waals surface area contributed by atoms with Gasteiger partial charge in [0.1, 0.15) is 5.82 Å². The highest BCUT2D eigenvalue weighted by atomic mass is 16.2. The molecular formula is C22H23N3O. The van der Waals surface area contributed by atoms with Crippen molar-refractivity contribution in [2.24, 2.45) is 11.8 Å². The van der Waals surface area contributed by atoms with Gasteiger partial charge < -0.3 is 10.2 Å². The van der Waals surface area contributed by atoms with Crippen LogP contribution in [-0.2, 0) is 11.3 Å². The molecule has 132 valence electrons. The summed E-state index contributed by atoms with van der Waals surface area (Å²) in [5, 5.41) is 3.38. The Morgan fingerprint density at radius 3 is 2.96 bits per heavy atom. The van der Waals surface area contributed by atoms with Crippen molar-refractivity contribution in [2.75, 3.05) is 10.2 Å². The van der Waals surface area contributed by atoms with E-state index in [-0.39, 0.29) is 17.7 Å². The lowest BCUT2D eigenvalue weighted by Gasteiger charge is -2.41. The van der Waals surface area contributed by atoms with Crippen LogP contribution < -0.4 is 10.2 Å². The number of pyridine rings is 1. The second kappa shape index (κ2) is 6.45. The SMILES string of the molecule is C=C1/C(=C/CC)[C@@H](C(=O)N2Cc3cccnc3Nc3ccccc32)[C@@H]1C. The minimum Gasteiger partial charge on any atom is -0.338 e. The molecule has 2 heterocycles. The number of rotatable bonds is 2. The standard InChI is InChI=1S/C22H23N3O/c1-4-8-17-14(2)15(3)20(17)22(26)25-13-16-9-7-12-23-21(16)24-18-10-5-6-11-19(18)25/h5-12,15,20H,2,4,13H2,1,3H3,(H,23,24)/b17-8-/t15-,20+/m1/s1. The van der Waals surface area contributed by atoms with E-state index >= 15 is 0 Å². The zero-order valence-electron chi connectivity index (χ0n) is 15.2. The Bertz CT molecular complexity index is 915. The third kappa shape index (κ3) is 2.53. The average Bonchev–Trinajstić information content (AvgIpc) is 2.83. The van der Waals surface area contributed by atoms with Gasteiger partial charge in [-0.3, -0.25) is 4.79 Å². The Morgan fingerprint density at radius 1 is 1.35 bits per heavy atom. The maximum atomic E-state index is 13.5. The van der Waals surface area contributed by atoms with E-state index in [0.717, 1.165) is 40.3 Å². The number of carbonyl (C=O) groups is 1. The van der Waals surface area contributed by atoms with Crippen molar-refractivity contribution < 1.29 is 4.79 Å². The number of carbonyl (C=O) groups excluding carboxylic acids is 1. The Hall–Kier alpha value is -2.88. The first-order valence-corrected chi connectivity index (χ1v) is 9.12. The van der Waals surface area contributed by atoms with Crippen LogP contribution in [0.3, 0.4) is 0 Å². The molecule has 1 fully saturated rings. The molecule has 26 heavy (non-hydrogen) atoms. The average molecular weight is 345 g/mol. The number of benzene rings is 1. The van der Waals surface area contributed by atoms with Gasteiger partial charge in [0, 0.05) is 11.8 Å².